The van der Waals surface area contributed by atoms with Crippen LogP contribution in [0.3, 0.4) is 0 Å². The zero-order valence-electron chi connectivity index (χ0n) is 14.4. The van der Waals surface area contributed by atoms with Crippen LogP contribution < -0.4 is 19.9 Å². The summed E-state index contributed by atoms with van der Waals surface area (Å²) >= 11 is 0. The molecule has 0 fully saturated rings. The zero-order chi connectivity index (χ0) is 17.0. The highest BCUT2D eigenvalue weighted by Crippen LogP contribution is 2.32. The third kappa shape index (κ3) is 4.39. The molecule has 0 aliphatic carbocycles. The van der Waals surface area contributed by atoms with Gasteiger partial charge < -0.3 is 19.9 Å². The van der Waals surface area contributed by atoms with Crippen LogP contribution in [0.5, 0.6) is 17.2 Å². The van der Waals surface area contributed by atoms with Gasteiger partial charge in [0.1, 0.15) is 22.8 Å². The molecule has 0 bridgehead atoms. The van der Waals surface area contributed by atoms with E-state index in [1.165, 1.54) is 0 Å². The molecule has 2 aromatic carbocycles. The van der Waals surface area contributed by atoms with Crippen LogP contribution in [0, 0.1) is 0 Å². The maximum absolute atomic E-state index is 6.40. The standard InChI is InChI=1S/C19H25NO3/c1-19(2,3)23-14-8-6-13(7-9-14)18(20)16-11-10-15(21-4)12-17(16)22-5/h6-12,18H,20H2,1-5H3. The first-order valence-corrected chi connectivity index (χ1v) is 7.60. The minimum absolute atomic E-state index is 0.219. The molecular weight excluding hydrogens is 290 g/mol. The van der Waals surface area contributed by atoms with Crippen molar-refractivity contribution in [2.45, 2.75) is 32.4 Å². The molecule has 0 amide bonds. The molecule has 0 aromatic heterocycles. The Kier molecular flexibility index (Phi) is 5.16. The largest absolute Gasteiger partial charge is 0.497 e. The molecular formula is C19H25NO3. The van der Waals surface area contributed by atoms with E-state index in [4.69, 9.17) is 19.9 Å². The lowest BCUT2D eigenvalue weighted by Gasteiger charge is -2.22. The monoisotopic (exact) mass is 315 g/mol. The van der Waals surface area contributed by atoms with Gasteiger partial charge in [-0.25, -0.2) is 0 Å². The van der Waals surface area contributed by atoms with Gasteiger partial charge in [0.15, 0.2) is 0 Å². The predicted molar refractivity (Wildman–Crippen MR) is 92.4 cm³/mol. The number of methoxy groups -OCH3 is 2. The van der Waals surface area contributed by atoms with Gasteiger partial charge in [0.2, 0.25) is 0 Å². The fourth-order valence-electron chi connectivity index (χ4n) is 2.35. The molecule has 4 heteroatoms. The fourth-order valence-corrected chi connectivity index (χ4v) is 2.35. The Hall–Kier alpha value is -2.20. The van der Waals surface area contributed by atoms with Crippen LogP contribution in [0.25, 0.3) is 0 Å². The van der Waals surface area contributed by atoms with Crippen molar-refractivity contribution < 1.29 is 14.2 Å². The molecule has 0 radical (unpaired) electrons. The van der Waals surface area contributed by atoms with Crippen molar-refractivity contribution in [1.29, 1.82) is 0 Å². The average molecular weight is 315 g/mol. The van der Waals surface area contributed by atoms with Crippen molar-refractivity contribution in [3.63, 3.8) is 0 Å². The Labute approximate surface area is 138 Å². The quantitative estimate of drug-likeness (QED) is 0.908. The SMILES string of the molecule is COc1ccc(C(N)c2ccc(OC(C)(C)C)cc2)c(OC)c1. The minimum Gasteiger partial charge on any atom is -0.497 e. The summed E-state index contributed by atoms with van der Waals surface area (Å²) in [6, 6.07) is 13.2. The highest BCUT2D eigenvalue weighted by Gasteiger charge is 2.16. The van der Waals surface area contributed by atoms with Gasteiger partial charge in [0.25, 0.3) is 0 Å². The molecule has 2 rings (SSSR count). The maximum Gasteiger partial charge on any atom is 0.127 e. The lowest BCUT2D eigenvalue weighted by molar-refractivity contribution is 0.131. The highest BCUT2D eigenvalue weighted by molar-refractivity contribution is 5.46. The van der Waals surface area contributed by atoms with E-state index in [1.807, 2.05) is 63.2 Å². The first kappa shape index (κ1) is 17.2. The molecule has 2 N–H and O–H groups in total. The van der Waals surface area contributed by atoms with Crippen molar-refractivity contribution in [3.05, 3.63) is 53.6 Å². The van der Waals surface area contributed by atoms with Crippen LogP contribution >= 0.6 is 0 Å². The van der Waals surface area contributed by atoms with Gasteiger partial charge in [-0.15, -0.1) is 0 Å². The molecule has 0 heterocycles. The lowest BCUT2D eigenvalue weighted by Crippen LogP contribution is -2.23. The predicted octanol–water partition coefficient (Wildman–Crippen LogP) is 3.93. The van der Waals surface area contributed by atoms with Crippen molar-refractivity contribution >= 4 is 0 Å². The lowest BCUT2D eigenvalue weighted by atomic mass is 9.98. The summed E-state index contributed by atoms with van der Waals surface area (Å²) in [4.78, 5) is 0. The summed E-state index contributed by atoms with van der Waals surface area (Å²) in [5.74, 6) is 2.29. The normalized spacial score (nSPS) is 12.6. The Morgan fingerprint density at radius 1 is 0.870 bits per heavy atom. The van der Waals surface area contributed by atoms with Gasteiger partial charge in [0.05, 0.1) is 20.3 Å². The van der Waals surface area contributed by atoms with E-state index in [9.17, 15) is 0 Å². The summed E-state index contributed by atoms with van der Waals surface area (Å²) in [5.41, 5.74) is 8.09. The Bertz CT molecular complexity index is 645. The Morgan fingerprint density at radius 2 is 1.48 bits per heavy atom. The summed E-state index contributed by atoms with van der Waals surface area (Å²) < 4.78 is 16.5. The smallest absolute Gasteiger partial charge is 0.127 e. The molecule has 4 nitrogen and oxygen atoms in total. The molecule has 0 aliphatic rings. The van der Waals surface area contributed by atoms with Crippen LogP contribution in [0.15, 0.2) is 42.5 Å². The van der Waals surface area contributed by atoms with Gasteiger partial charge in [-0.2, -0.15) is 0 Å². The van der Waals surface area contributed by atoms with Crippen molar-refractivity contribution in [2.75, 3.05) is 14.2 Å². The van der Waals surface area contributed by atoms with Gasteiger partial charge >= 0.3 is 0 Å². The summed E-state index contributed by atoms with van der Waals surface area (Å²) in [5, 5.41) is 0. The summed E-state index contributed by atoms with van der Waals surface area (Å²) in [7, 11) is 3.26. The second-order valence-electron chi connectivity index (χ2n) is 6.37. The van der Waals surface area contributed by atoms with Crippen molar-refractivity contribution in [1.82, 2.24) is 0 Å². The molecule has 0 saturated carbocycles. The zero-order valence-corrected chi connectivity index (χ0v) is 14.4. The fraction of sp³-hybridized carbons (Fsp3) is 0.368. The van der Waals surface area contributed by atoms with Crippen LogP contribution in [-0.4, -0.2) is 19.8 Å². The van der Waals surface area contributed by atoms with Crippen molar-refractivity contribution in [2.24, 2.45) is 5.73 Å². The molecule has 124 valence electrons. The van der Waals surface area contributed by atoms with Crippen LogP contribution in [0.4, 0.5) is 0 Å². The van der Waals surface area contributed by atoms with E-state index in [0.717, 1.165) is 22.6 Å². The number of benzene rings is 2. The third-order valence-corrected chi connectivity index (χ3v) is 3.44. The first-order valence-electron chi connectivity index (χ1n) is 7.60. The maximum atomic E-state index is 6.40. The third-order valence-electron chi connectivity index (χ3n) is 3.44. The average Bonchev–Trinajstić information content (AvgIpc) is 2.52. The van der Waals surface area contributed by atoms with Gasteiger partial charge in [-0.05, 0) is 50.6 Å². The molecule has 0 saturated heterocycles. The molecule has 0 aliphatic heterocycles. The molecule has 0 spiro atoms. The summed E-state index contributed by atoms with van der Waals surface area (Å²) in [6.45, 7) is 6.07. The van der Waals surface area contributed by atoms with Gasteiger partial charge in [-0.3, -0.25) is 0 Å². The number of hydrogen-bond donors (Lipinski definition) is 1. The second-order valence-corrected chi connectivity index (χ2v) is 6.37. The van der Waals surface area contributed by atoms with E-state index in [0.29, 0.717) is 5.75 Å². The van der Waals surface area contributed by atoms with Crippen molar-refractivity contribution in [3.8, 4) is 17.2 Å². The number of rotatable bonds is 5. The van der Waals surface area contributed by atoms with E-state index in [-0.39, 0.29) is 11.6 Å². The molecule has 1 unspecified atom stereocenters. The van der Waals surface area contributed by atoms with Crippen LogP contribution in [0.2, 0.25) is 0 Å². The number of hydrogen-bond acceptors (Lipinski definition) is 4. The van der Waals surface area contributed by atoms with Gasteiger partial charge in [-0.1, -0.05) is 12.1 Å². The molecule has 1 atom stereocenters. The number of nitrogens with two attached hydrogens (primary N) is 1. The topological polar surface area (TPSA) is 53.7 Å². The van der Waals surface area contributed by atoms with E-state index in [2.05, 4.69) is 0 Å². The van der Waals surface area contributed by atoms with Crippen LogP contribution in [-0.2, 0) is 0 Å². The highest BCUT2D eigenvalue weighted by atomic mass is 16.5. The first-order chi connectivity index (χ1) is 10.8. The van der Waals surface area contributed by atoms with Gasteiger partial charge in [0, 0.05) is 11.6 Å². The minimum atomic E-state index is -0.278. The Morgan fingerprint density at radius 3 is 2.00 bits per heavy atom. The molecule has 2 aromatic rings. The molecule has 23 heavy (non-hydrogen) atoms. The Balaban J connectivity index is 2.25. The van der Waals surface area contributed by atoms with Crippen LogP contribution in [0.1, 0.15) is 37.9 Å². The van der Waals surface area contributed by atoms with E-state index < -0.39 is 0 Å². The van der Waals surface area contributed by atoms with E-state index >= 15 is 0 Å². The van der Waals surface area contributed by atoms with E-state index in [1.54, 1.807) is 14.2 Å². The second kappa shape index (κ2) is 6.92. The number of ether oxygens (including phenoxy) is 3. The summed E-state index contributed by atoms with van der Waals surface area (Å²) in [6.07, 6.45) is 0.